The predicted molar refractivity (Wildman–Crippen MR) is 106 cm³/mol. The van der Waals surface area contributed by atoms with Crippen molar-refractivity contribution in [3.05, 3.63) is 72.3 Å². The first-order valence-electron chi connectivity index (χ1n) is 8.82. The fourth-order valence-electron chi connectivity index (χ4n) is 3.06. The highest BCUT2D eigenvalue weighted by Crippen LogP contribution is 2.22. The number of rotatable bonds is 6. The summed E-state index contributed by atoms with van der Waals surface area (Å²) in [5, 5.41) is 5.27. The Kier molecular flexibility index (Phi) is 5.54. The number of anilines is 1. The lowest BCUT2D eigenvalue weighted by molar-refractivity contribution is -0.907. The largest absolute Gasteiger partial charge is 0.497 e. The van der Waals surface area contributed by atoms with Gasteiger partial charge in [-0.05, 0) is 30.5 Å². The summed E-state index contributed by atoms with van der Waals surface area (Å²) < 4.78 is 5.28. The zero-order valence-corrected chi connectivity index (χ0v) is 15.5. The Bertz CT molecular complexity index is 902. The summed E-state index contributed by atoms with van der Waals surface area (Å²) in [6.45, 7) is 2.71. The van der Waals surface area contributed by atoms with Crippen LogP contribution in [-0.4, -0.2) is 26.1 Å². The summed E-state index contributed by atoms with van der Waals surface area (Å²) in [6, 6.07) is 21.8. The van der Waals surface area contributed by atoms with E-state index in [0.29, 0.717) is 0 Å². The number of amides is 1. The normalized spacial score (nSPS) is 13.2. The van der Waals surface area contributed by atoms with Crippen LogP contribution in [0.1, 0.15) is 12.5 Å². The van der Waals surface area contributed by atoms with Crippen molar-refractivity contribution in [2.75, 3.05) is 19.5 Å². The van der Waals surface area contributed by atoms with Gasteiger partial charge in [0.2, 0.25) is 0 Å². The van der Waals surface area contributed by atoms with Crippen LogP contribution in [0.25, 0.3) is 10.8 Å². The Hall–Kier alpha value is -2.85. The van der Waals surface area contributed by atoms with Gasteiger partial charge in [0, 0.05) is 16.6 Å². The first-order chi connectivity index (χ1) is 12.6. The number of benzene rings is 3. The first-order valence-corrected chi connectivity index (χ1v) is 8.82. The number of fused-ring (bicyclic) bond motifs is 1. The van der Waals surface area contributed by atoms with E-state index in [1.54, 1.807) is 7.11 Å². The zero-order chi connectivity index (χ0) is 18.5. The lowest BCUT2D eigenvalue weighted by Crippen LogP contribution is -3.12. The van der Waals surface area contributed by atoms with E-state index in [2.05, 4.69) is 23.5 Å². The Morgan fingerprint density at radius 1 is 1.08 bits per heavy atom. The van der Waals surface area contributed by atoms with Gasteiger partial charge in [-0.25, -0.2) is 0 Å². The fraction of sp³-hybridized carbons (Fsp3) is 0.227. The Morgan fingerprint density at radius 2 is 1.81 bits per heavy atom. The maximum atomic E-state index is 12.8. The molecule has 134 valence electrons. The summed E-state index contributed by atoms with van der Waals surface area (Å²) in [7, 11) is 3.70. The minimum absolute atomic E-state index is 0.0155. The molecule has 2 N–H and O–H groups in total. The second-order valence-corrected chi connectivity index (χ2v) is 6.61. The van der Waals surface area contributed by atoms with E-state index in [4.69, 9.17) is 4.74 Å². The van der Waals surface area contributed by atoms with Crippen LogP contribution in [0.2, 0.25) is 0 Å². The predicted octanol–water partition coefficient (Wildman–Crippen LogP) is 2.89. The Morgan fingerprint density at radius 3 is 2.62 bits per heavy atom. The van der Waals surface area contributed by atoms with Gasteiger partial charge >= 0.3 is 0 Å². The zero-order valence-electron chi connectivity index (χ0n) is 15.5. The van der Waals surface area contributed by atoms with Crippen LogP contribution >= 0.6 is 0 Å². The molecule has 0 bridgehead atoms. The Balaban J connectivity index is 1.70. The highest BCUT2D eigenvalue weighted by molar-refractivity contribution is 6.03. The van der Waals surface area contributed by atoms with Gasteiger partial charge in [0.25, 0.3) is 5.91 Å². The molecular formula is C22H25N2O2+. The highest BCUT2D eigenvalue weighted by atomic mass is 16.5. The van der Waals surface area contributed by atoms with Crippen LogP contribution in [0.4, 0.5) is 5.69 Å². The number of hydrogen-bond acceptors (Lipinski definition) is 2. The molecule has 4 nitrogen and oxygen atoms in total. The molecule has 1 amide bonds. The molecule has 0 aliphatic rings. The number of carbonyl (C=O) groups is 1. The molecule has 26 heavy (non-hydrogen) atoms. The van der Waals surface area contributed by atoms with Gasteiger partial charge in [0.15, 0.2) is 6.04 Å². The van der Waals surface area contributed by atoms with E-state index in [-0.39, 0.29) is 11.9 Å². The van der Waals surface area contributed by atoms with Gasteiger partial charge in [-0.3, -0.25) is 4.79 Å². The molecule has 4 heteroatoms. The molecule has 0 heterocycles. The molecule has 0 spiro atoms. The van der Waals surface area contributed by atoms with E-state index in [1.165, 1.54) is 0 Å². The van der Waals surface area contributed by atoms with E-state index in [9.17, 15) is 4.79 Å². The second kappa shape index (κ2) is 8.02. The molecule has 3 rings (SSSR count). The van der Waals surface area contributed by atoms with Gasteiger partial charge < -0.3 is 15.0 Å². The van der Waals surface area contributed by atoms with Crippen LogP contribution < -0.4 is 15.0 Å². The second-order valence-electron chi connectivity index (χ2n) is 6.61. The quantitative estimate of drug-likeness (QED) is 0.719. The van der Waals surface area contributed by atoms with Crippen LogP contribution in [0.3, 0.4) is 0 Å². The van der Waals surface area contributed by atoms with Crippen molar-refractivity contribution in [2.45, 2.75) is 19.5 Å². The summed E-state index contributed by atoms with van der Waals surface area (Å²) in [5.74, 6) is 0.852. The third-order valence-electron chi connectivity index (χ3n) is 4.80. The van der Waals surface area contributed by atoms with Crippen molar-refractivity contribution >= 4 is 22.4 Å². The number of likely N-dealkylation sites (N-methyl/N-ethyl adjacent to an activating group) is 1. The molecular weight excluding hydrogens is 324 g/mol. The first kappa shape index (κ1) is 18.0. The van der Waals surface area contributed by atoms with Crippen molar-refractivity contribution in [1.82, 2.24) is 0 Å². The van der Waals surface area contributed by atoms with Gasteiger partial charge in [0.05, 0.1) is 14.2 Å². The number of methoxy groups -OCH3 is 1. The summed E-state index contributed by atoms with van der Waals surface area (Å²) in [5.41, 5.74) is 2.00. The third-order valence-corrected chi connectivity index (χ3v) is 4.80. The minimum Gasteiger partial charge on any atom is -0.497 e. The number of hydrogen-bond donors (Lipinski definition) is 2. The maximum Gasteiger partial charge on any atom is 0.282 e. The average Bonchev–Trinajstić information content (AvgIpc) is 2.67. The monoisotopic (exact) mass is 349 g/mol. The third kappa shape index (κ3) is 4.03. The molecule has 0 radical (unpaired) electrons. The minimum atomic E-state index is -0.180. The van der Waals surface area contributed by atoms with Crippen molar-refractivity contribution < 1.29 is 14.4 Å². The van der Waals surface area contributed by atoms with Gasteiger partial charge in [0.1, 0.15) is 12.3 Å². The molecule has 0 saturated heterocycles. The van der Waals surface area contributed by atoms with Gasteiger partial charge in [-0.1, -0.05) is 48.5 Å². The van der Waals surface area contributed by atoms with Gasteiger partial charge in [-0.15, -0.1) is 0 Å². The van der Waals surface area contributed by atoms with E-state index in [0.717, 1.165) is 39.2 Å². The number of carbonyl (C=O) groups excluding carboxylic acids is 1. The van der Waals surface area contributed by atoms with Gasteiger partial charge in [-0.2, -0.15) is 0 Å². The maximum absolute atomic E-state index is 12.8. The molecule has 0 fully saturated rings. The average molecular weight is 349 g/mol. The summed E-state index contributed by atoms with van der Waals surface area (Å²) in [4.78, 5) is 13.9. The van der Waals surface area contributed by atoms with Crippen molar-refractivity contribution in [3.8, 4) is 5.75 Å². The van der Waals surface area contributed by atoms with Crippen molar-refractivity contribution in [1.29, 1.82) is 0 Å². The standard InChI is InChI=1S/C22H24N2O2/c1-16(24(2)15-17-8-6-11-19(14-17)26-3)22(25)23-21-13-7-10-18-9-4-5-12-20(18)21/h4-14,16H,15H2,1-3H3,(H,23,25)/p+1/t16-/m1/s1. The lowest BCUT2D eigenvalue weighted by atomic mass is 10.1. The number of nitrogens with one attached hydrogen (secondary N) is 2. The molecule has 0 aliphatic heterocycles. The molecule has 0 aromatic heterocycles. The Labute approximate surface area is 154 Å². The van der Waals surface area contributed by atoms with E-state index < -0.39 is 0 Å². The number of quaternary nitrogens is 1. The molecule has 0 saturated carbocycles. The SMILES string of the molecule is COc1cccc(C[NH+](C)[C@H](C)C(=O)Nc2cccc3ccccc23)c1. The van der Waals surface area contributed by atoms with Crippen molar-refractivity contribution in [2.24, 2.45) is 0 Å². The summed E-state index contributed by atoms with van der Waals surface area (Å²) >= 11 is 0. The van der Waals surface area contributed by atoms with Crippen LogP contribution in [-0.2, 0) is 11.3 Å². The van der Waals surface area contributed by atoms with Crippen LogP contribution in [0.5, 0.6) is 5.75 Å². The highest BCUT2D eigenvalue weighted by Gasteiger charge is 2.22. The smallest absolute Gasteiger partial charge is 0.282 e. The van der Waals surface area contributed by atoms with E-state index in [1.807, 2.05) is 62.5 Å². The van der Waals surface area contributed by atoms with Crippen LogP contribution in [0, 0.1) is 0 Å². The summed E-state index contributed by atoms with van der Waals surface area (Å²) in [6.07, 6.45) is 0. The number of ether oxygens (including phenoxy) is 1. The molecule has 3 aromatic carbocycles. The molecule has 2 atom stereocenters. The lowest BCUT2D eigenvalue weighted by Gasteiger charge is -2.21. The van der Waals surface area contributed by atoms with E-state index >= 15 is 0 Å². The molecule has 1 unspecified atom stereocenters. The molecule has 0 aliphatic carbocycles. The van der Waals surface area contributed by atoms with Crippen molar-refractivity contribution in [3.63, 3.8) is 0 Å². The topological polar surface area (TPSA) is 42.8 Å². The molecule has 3 aromatic rings. The van der Waals surface area contributed by atoms with Crippen LogP contribution in [0.15, 0.2) is 66.7 Å². The fourth-order valence-corrected chi connectivity index (χ4v) is 3.06.